The van der Waals surface area contributed by atoms with Crippen LogP contribution in [0.25, 0.3) is 0 Å². The standard InChI is InChI=1S/C12H20N2O2/c15-12(9-3-2-6-13-9)14-7-8-16-11-5-1-4-10(11)14/h9-11,13H,1-8H2/t9-,10?,11?/m0/s1. The van der Waals surface area contributed by atoms with Gasteiger partial charge >= 0.3 is 0 Å². The van der Waals surface area contributed by atoms with Crippen molar-refractivity contribution in [2.45, 2.75) is 50.3 Å². The molecule has 3 rings (SSSR count). The van der Waals surface area contributed by atoms with Gasteiger partial charge in [-0.25, -0.2) is 0 Å². The molecule has 16 heavy (non-hydrogen) atoms. The number of carbonyl (C=O) groups is 1. The first-order valence-electron chi connectivity index (χ1n) is 6.52. The average Bonchev–Trinajstić information content (AvgIpc) is 2.98. The van der Waals surface area contributed by atoms with Gasteiger partial charge in [0.1, 0.15) is 0 Å². The monoisotopic (exact) mass is 224 g/mol. The lowest BCUT2D eigenvalue weighted by atomic mass is 10.1. The van der Waals surface area contributed by atoms with E-state index in [4.69, 9.17) is 4.74 Å². The van der Waals surface area contributed by atoms with Gasteiger partial charge in [0.2, 0.25) is 5.91 Å². The average molecular weight is 224 g/mol. The second-order valence-corrected chi connectivity index (χ2v) is 5.09. The van der Waals surface area contributed by atoms with Gasteiger partial charge in [-0.3, -0.25) is 4.79 Å². The van der Waals surface area contributed by atoms with Gasteiger partial charge in [-0.15, -0.1) is 0 Å². The molecule has 4 heteroatoms. The lowest BCUT2D eigenvalue weighted by molar-refractivity contribution is -0.145. The van der Waals surface area contributed by atoms with Crippen molar-refractivity contribution in [3.8, 4) is 0 Å². The number of nitrogens with one attached hydrogen (secondary N) is 1. The molecule has 2 aliphatic heterocycles. The summed E-state index contributed by atoms with van der Waals surface area (Å²) < 4.78 is 5.73. The molecule has 1 N–H and O–H groups in total. The summed E-state index contributed by atoms with van der Waals surface area (Å²) in [5.41, 5.74) is 0. The maximum atomic E-state index is 12.4. The van der Waals surface area contributed by atoms with Gasteiger partial charge in [0.05, 0.1) is 24.8 Å². The van der Waals surface area contributed by atoms with E-state index in [1.54, 1.807) is 0 Å². The lowest BCUT2D eigenvalue weighted by Gasteiger charge is -2.39. The van der Waals surface area contributed by atoms with Crippen LogP contribution in [0.2, 0.25) is 0 Å². The molecule has 1 aliphatic carbocycles. The van der Waals surface area contributed by atoms with E-state index in [-0.39, 0.29) is 6.04 Å². The first kappa shape index (κ1) is 10.5. The van der Waals surface area contributed by atoms with Crippen molar-refractivity contribution in [3.63, 3.8) is 0 Å². The molecule has 4 nitrogen and oxygen atoms in total. The number of hydrogen-bond donors (Lipinski definition) is 1. The fraction of sp³-hybridized carbons (Fsp3) is 0.917. The molecule has 3 fully saturated rings. The van der Waals surface area contributed by atoms with Crippen LogP contribution in [-0.4, -0.2) is 48.7 Å². The highest BCUT2D eigenvalue weighted by molar-refractivity contribution is 5.82. The Kier molecular flexibility index (Phi) is 2.86. The summed E-state index contributed by atoms with van der Waals surface area (Å²) in [7, 11) is 0. The zero-order chi connectivity index (χ0) is 11.0. The summed E-state index contributed by atoms with van der Waals surface area (Å²) in [6.45, 7) is 2.51. The van der Waals surface area contributed by atoms with Gasteiger partial charge in [-0.05, 0) is 38.6 Å². The summed E-state index contributed by atoms with van der Waals surface area (Å²) >= 11 is 0. The smallest absolute Gasteiger partial charge is 0.240 e. The van der Waals surface area contributed by atoms with Crippen LogP contribution >= 0.6 is 0 Å². The van der Waals surface area contributed by atoms with E-state index in [0.29, 0.717) is 18.1 Å². The largest absolute Gasteiger partial charge is 0.374 e. The SMILES string of the molecule is O=C([C@@H]1CCCN1)N1CCOC2CCCC21. The predicted molar refractivity (Wildman–Crippen MR) is 60.1 cm³/mol. The molecule has 1 saturated carbocycles. The van der Waals surface area contributed by atoms with Crippen molar-refractivity contribution in [1.82, 2.24) is 10.2 Å². The number of amides is 1. The molecular weight excluding hydrogens is 204 g/mol. The van der Waals surface area contributed by atoms with Gasteiger partial charge < -0.3 is 15.0 Å². The number of nitrogens with zero attached hydrogens (tertiary/aromatic N) is 1. The highest BCUT2D eigenvalue weighted by Crippen LogP contribution is 2.30. The quantitative estimate of drug-likeness (QED) is 0.706. The van der Waals surface area contributed by atoms with E-state index in [0.717, 1.165) is 45.4 Å². The minimum Gasteiger partial charge on any atom is -0.374 e. The number of morpholine rings is 1. The summed E-state index contributed by atoms with van der Waals surface area (Å²) in [6, 6.07) is 0.447. The molecule has 1 amide bonds. The highest BCUT2D eigenvalue weighted by atomic mass is 16.5. The summed E-state index contributed by atoms with van der Waals surface area (Å²) in [4.78, 5) is 14.4. The minimum absolute atomic E-state index is 0.0827. The van der Waals surface area contributed by atoms with Crippen molar-refractivity contribution in [2.75, 3.05) is 19.7 Å². The first-order valence-corrected chi connectivity index (χ1v) is 6.52. The fourth-order valence-corrected chi connectivity index (χ4v) is 3.29. The van der Waals surface area contributed by atoms with Crippen LogP contribution in [0.5, 0.6) is 0 Å². The van der Waals surface area contributed by atoms with Crippen molar-refractivity contribution >= 4 is 5.91 Å². The third kappa shape index (κ3) is 1.74. The maximum Gasteiger partial charge on any atom is 0.240 e. The molecule has 0 spiro atoms. The second kappa shape index (κ2) is 4.34. The lowest BCUT2D eigenvalue weighted by Crippen LogP contribution is -2.55. The Balaban J connectivity index is 1.70. The Hall–Kier alpha value is -0.610. The van der Waals surface area contributed by atoms with Crippen LogP contribution in [0.3, 0.4) is 0 Å². The van der Waals surface area contributed by atoms with Crippen LogP contribution in [0.15, 0.2) is 0 Å². The molecule has 3 aliphatic rings. The predicted octanol–water partition coefficient (Wildman–Crippen LogP) is 0.518. The van der Waals surface area contributed by atoms with Crippen molar-refractivity contribution in [2.24, 2.45) is 0 Å². The highest BCUT2D eigenvalue weighted by Gasteiger charge is 2.40. The Morgan fingerprint density at radius 3 is 3.00 bits per heavy atom. The molecule has 2 saturated heterocycles. The number of carbonyl (C=O) groups excluding carboxylic acids is 1. The van der Waals surface area contributed by atoms with Gasteiger partial charge in [0, 0.05) is 6.54 Å². The van der Waals surface area contributed by atoms with E-state index in [1.807, 2.05) is 0 Å². The molecule has 0 bridgehead atoms. The number of rotatable bonds is 1. The van der Waals surface area contributed by atoms with E-state index >= 15 is 0 Å². The second-order valence-electron chi connectivity index (χ2n) is 5.09. The zero-order valence-electron chi connectivity index (χ0n) is 9.65. The van der Waals surface area contributed by atoms with Crippen LogP contribution in [0, 0.1) is 0 Å². The van der Waals surface area contributed by atoms with E-state index in [1.165, 1.54) is 6.42 Å². The molecule has 90 valence electrons. The Labute approximate surface area is 96.3 Å². The Morgan fingerprint density at radius 2 is 2.19 bits per heavy atom. The van der Waals surface area contributed by atoms with Gasteiger partial charge in [0.15, 0.2) is 0 Å². The maximum absolute atomic E-state index is 12.4. The van der Waals surface area contributed by atoms with Crippen molar-refractivity contribution < 1.29 is 9.53 Å². The Bertz CT molecular complexity index is 276. The van der Waals surface area contributed by atoms with E-state index in [9.17, 15) is 4.79 Å². The van der Waals surface area contributed by atoms with E-state index in [2.05, 4.69) is 10.2 Å². The molecule has 2 unspecified atom stereocenters. The normalized spacial score (nSPS) is 38.8. The fourth-order valence-electron chi connectivity index (χ4n) is 3.29. The summed E-state index contributed by atoms with van der Waals surface area (Å²) in [5.74, 6) is 0.317. The third-order valence-corrected chi connectivity index (χ3v) is 4.12. The van der Waals surface area contributed by atoms with Crippen LogP contribution in [0.1, 0.15) is 32.1 Å². The molecular formula is C12H20N2O2. The van der Waals surface area contributed by atoms with Crippen molar-refractivity contribution in [3.05, 3.63) is 0 Å². The molecule has 3 atom stereocenters. The molecule has 2 heterocycles. The summed E-state index contributed by atoms with van der Waals surface area (Å²) in [6.07, 6.45) is 5.93. The van der Waals surface area contributed by atoms with Crippen molar-refractivity contribution in [1.29, 1.82) is 0 Å². The zero-order valence-corrected chi connectivity index (χ0v) is 9.65. The number of fused-ring (bicyclic) bond motifs is 1. The van der Waals surface area contributed by atoms with Gasteiger partial charge in [0.25, 0.3) is 0 Å². The molecule has 0 radical (unpaired) electrons. The van der Waals surface area contributed by atoms with Gasteiger partial charge in [-0.1, -0.05) is 0 Å². The number of ether oxygens (including phenoxy) is 1. The molecule has 0 aromatic heterocycles. The molecule has 0 aromatic carbocycles. The van der Waals surface area contributed by atoms with Crippen LogP contribution < -0.4 is 5.32 Å². The molecule has 0 aromatic rings. The van der Waals surface area contributed by atoms with Gasteiger partial charge in [-0.2, -0.15) is 0 Å². The Morgan fingerprint density at radius 1 is 1.25 bits per heavy atom. The topological polar surface area (TPSA) is 41.6 Å². The van der Waals surface area contributed by atoms with Crippen LogP contribution in [-0.2, 0) is 9.53 Å². The van der Waals surface area contributed by atoms with Crippen LogP contribution in [0.4, 0.5) is 0 Å². The van der Waals surface area contributed by atoms with E-state index < -0.39 is 0 Å². The number of hydrogen-bond acceptors (Lipinski definition) is 3. The third-order valence-electron chi connectivity index (χ3n) is 4.12. The first-order chi connectivity index (χ1) is 7.86. The minimum atomic E-state index is 0.0827. The summed E-state index contributed by atoms with van der Waals surface area (Å²) in [5, 5.41) is 3.30.